The lowest BCUT2D eigenvalue weighted by molar-refractivity contribution is -0.136. The van der Waals surface area contributed by atoms with Gasteiger partial charge in [0.25, 0.3) is 11.8 Å². The minimum Gasteiger partial charge on any atom is -0.315 e. The predicted molar refractivity (Wildman–Crippen MR) is 85.9 cm³/mol. The Morgan fingerprint density at radius 2 is 1.33 bits per heavy atom. The van der Waals surface area contributed by atoms with Crippen molar-refractivity contribution in [3.05, 3.63) is 12.2 Å². The van der Waals surface area contributed by atoms with Crippen molar-refractivity contribution in [1.82, 2.24) is 10.2 Å². The number of nitrogens with zero attached hydrogens (tertiary/aromatic N) is 1. The molecule has 0 fully saturated rings. The van der Waals surface area contributed by atoms with Gasteiger partial charge in [0.1, 0.15) is 0 Å². The fourth-order valence-electron chi connectivity index (χ4n) is 2.50. The third kappa shape index (κ3) is 8.00. The van der Waals surface area contributed by atoms with E-state index in [9.17, 15) is 9.59 Å². The number of imide groups is 1. The molecule has 2 amide bonds. The normalized spacial score (nSPS) is 14.7. The number of carbonyl (C=O) groups excluding carboxylic acids is 2. The maximum Gasteiger partial charge on any atom is 0.253 e. The van der Waals surface area contributed by atoms with Crippen LogP contribution >= 0.6 is 0 Å². The van der Waals surface area contributed by atoms with Crippen molar-refractivity contribution < 1.29 is 9.59 Å². The van der Waals surface area contributed by atoms with Gasteiger partial charge in [-0.15, -0.1) is 0 Å². The van der Waals surface area contributed by atoms with Crippen LogP contribution in [0.2, 0.25) is 0 Å². The van der Waals surface area contributed by atoms with E-state index in [-0.39, 0.29) is 11.8 Å². The maximum absolute atomic E-state index is 11.3. The van der Waals surface area contributed by atoms with Gasteiger partial charge in [0, 0.05) is 24.7 Å². The van der Waals surface area contributed by atoms with Gasteiger partial charge in [-0.05, 0) is 19.4 Å². The third-order valence-corrected chi connectivity index (χ3v) is 3.76. The molecule has 1 N–H and O–H groups in total. The van der Waals surface area contributed by atoms with Crippen molar-refractivity contribution in [2.75, 3.05) is 13.1 Å². The molecule has 0 aromatic heterocycles. The van der Waals surface area contributed by atoms with E-state index < -0.39 is 0 Å². The van der Waals surface area contributed by atoms with Crippen LogP contribution in [0.4, 0.5) is 0 Å². The zero-order chi connectivity index (χ0) is 15.5. The van der Waals surface area contributed by atoms with Gasteiger partial charge >= 0.3 is 0 Å². The van der Waals surface area contributed by atoms with Gasteiger partial charge < -0.3 is 5.32 Å². The lowest BCUT2D eigenvalue weighted by atomic mass is 10.1. The first-order chi connectivity index (χ1) is 10.1. The lowest BCUT2D eigenvalue weighted by Gasteiger charge is -2.13. The highest BCUT2D eigenvalue weighted by atomic mass is 16.2. The maximum atomic E-state index is 11.3. The highest BCUT2D eigenvalue weighted by Gasteiger charge is 2.21. The molecule has 4 nitrogen and oxygen atoms in total. The van der Waals surface area contributed by atoms with Crippen LogP contribution in [0.5, 0.6) is 0 Å². The molecule has 0 radical (unpaired) electrons. The van der Waals surface area contributed by atoms with E-state index in [4.69, 9.17) is 0 Å². The molecule has 0 saturated carbocycles. The van der Waals surface area contributed by atoms with Gasteiger partial charge in [-0.25, -0.2) is 0 Å². The minimum absolute atomic E-state index is 0.157. The summed E-state index contributed by atoms with van der Waals surface area (Å²) >= 11 is 0. The summed E-state index contributed by atoms with van der Waals surface area (Å²) in [5.74, 6) is -0.315. The Hall–Kier alpha value is -1.16. The Labute approximate surface area is 129 Å². The molecule has 0 spiro atoms. The second-order valence-corrected chi connectivity index (χ2v) is 6.10. The van der Waals surface area contributed by atoms with Crippen molar-refractivity contribution in [3.63, 3.8) is 0 Å². The highest BCUT2D eigenvalue weighted by Crippen LogP contribution is 2.10. The molecule has 0 saturated heterocycles. The van der Waals surface area contributed by atoms with Crippen LogP contribution in [0, 0.1) is 0 Å². The second-order valence-electron chi connectivity index (χ2n) is 6.10. The Morgan fingerprint density at radius 3 is 1.86 bits per heavy atom. The molecule has 0 atom stereocenters. The van der Waals surface area contributed by atoms with E-state index in [1.165, 1.54) is 55.6 Å². The Kier molecular flexibility index (Phi) is 8.99. The smallest absolute Gasteiger partial charge is 0.253 e. The number of carbonyl (C=O) groups is 2. The van der Waals surface area contributed by atoms with Crippen LogP contribution in [-0.4, -0.2) is 35.8 Å². The van der Waals surface area contributed by atoms with Crippen molar-refractivity contribution >= 4 is 11.8 Å². The fourth-order valence-corrected chi connectivity index (χ4v) is 2.50. The number of rotatable bonds is 12. The average Bonchev–Trinajstić information content (AvgIpc) is 2.75. The van der Waals surface area contributed by atoms with Crippen molar-refractivity contribution in [3.8, 4) is 0 Å². The highest BCUT2D eigenvalue weighted by molar-refractivity contribution is 6.12. The number of hydrogen-bond donors (Lipinski definition) is 1. The Morgan fingerprint density at radius 1 is 0.857 bits per heavy atom. The van der Waals surface area contributed by atoms with Crippen LogP contribution in [0.1, 0.15) is 65.2 Å². The van der Waals surface area contributed by atoms with Gasteiger partial charge in [-0.3, -0.25) is 14.5 Å². The number of hydrogen-bond acceptors (Lipinski definition) is 3. The minimum atomic E-state index is -0.157. The quantitative estimate of drug-likeness (QED) is 0.444. The van der Waals surface area contributed by atoms with E-state index >= 15 is 0 Å². The number of nitrogens with one attached hydrogen (secondary N) is 1. The number of unbranched alkanes of at least 4 members (excludes halogenated alkanes) is 7. The largest absolute Gasteiger partial charge is 0.315 e. The predicted octanol–water partition coefficient (Wildman–Crippen LogP) is 3.03. The third-order valence-electron chi connectivity index (χ3n) is 3.76. The molecule has 1 aliphatic rings. The van der Waals surface area contributed by atoms with Crippen LogP contribution in [0.15, 0.2) is 12.2 Å². The van der Waals surface area contributed by atoms with E-state index in [2.05, 4.69) is 19.2 Å². The molecule has 0 unspecified atom stereocenters. The molecule has 21 heavy (non-hydrogen) atoms. The van der Waals surface area contributed by atoms with Crippen molar-refractivity contribution in [2.45, 2.75) is 71.3 Å². The SMILES string of the molecule is CC(C)NCCCCCCCCCCN1C(=O)C=CC1=O. The second kappa shape index (κ2) is 10.6. The van der Waals surface area contributed by atoms with Gasteiger partial charge in [0.15, 0.2) is 0 Å². The number of amides is 2. The van der Waals surface area contributed by atoms with Gasteiger partial charge in [-0.1, -0.05) is 52.4 Å². The molecule has 120 valence electrons. The van der Waals surface area contributed by atoms with E-state index in [0.717, 1.165) is 19.4 Å². The standard InChI is InChI=1S/C17H30N2O2/c1-15(2)18-13-9-7-5-3-4-6-8-10-14-19-16(20)11-12-17(19)21/h11-12,15,18H,3-10,13-14H2,1-2H3. The lowest BCUT2D eigenvalue weighted by Crippen LogP contribution is -2.30. The molecule has 0 aliphatic carbocycles. The zero-order valence-electron chi connectivity index (χ0n) is 13.6. The first-order valence-electron chi connectivity index (χ1n) is 8.38. The molecule has 0 aromatic carbocycles. The molecular formula is C17H30N2O2. The summed E-state index contributed by atoms with van der Waals surface area (Å²) in [6, 6.07) is 0.592. The molecule has 0 bridgehead atoms. The molecule has 4 heteroatoms. The van der Waals surface area contributed by atoms with E-state index in [1.807, 2.05) is 0 Å². The fraction of sp³-hybridized carbons (Fsp3) is 0.765. The first kappa shape index (κ1) is 17.9. The van der Waals surface area contributed by atoms with Gasteiger partial charge in [0.05, 0.1) is 0 Å². The average molecular weight is 294 g/mol. The Balaban J connectivity index is 1.83. The Bertz CT molecular complexity index is 333. The van der Waals surface area contributed by atoms with E-state index in [1.54, 1.807) is 0 Å². The summed E-state index contributed by atoms with van der Waals surface area (Å²) < 4.78 is 0. The molecular weight excluding hydrogens is 264 g/mol. The van der Waals surface area contributed by atoms with Crippen LogP contribution in [-0.2, 0) is 9.59 Å². The topological polar surface area (TPSA) is 49.4 Å². The first-order valence-corrected chi connectivity index (χ1v) is 8.38. The van der Waals surface area contributed by atoms with E-state index in [0.29, 0.717) is 12.6 Å². The summed E-state index contributed by atoms with van der Waals surface area (Å²) in [4.78, 5) is 24.0. The van der Waals surface area contributed by atoms with Crippen LogP contribution in [0.3, 0.4) is 0 Å². The van der Waals surface area contributed by atoms with Gasteiger partial charge in [-0.2, -0.15) is 0 Å². The van der Waals surface area contributed by atoms with Gasteiger partial charge in [0.2, 0.25) is 0 Å². The zero-order valence-corrected chi connectivity index (χ0v) is 13.6. The van der Waals surface area contributed by atoms with Crippen molar-refractivity contribution in [2.24, 2.45) is 0 Å². The summed E-state index contributed by atoms with van der Waals surface area (Å²) in [5, 5.41) is 3.43. The summed E-state index contributed by atoms with van der Waals surface area (Å²) in [6.45, 7) is 6.06. The summed E-state index contributed by atoms with van der Waals surface area (Å²) in [5.41, 5.74) is 0. The molecule has 1 heterocycles. The molecule has 0 aromatic rings. The summed E-state index contributed by atoms with van der Waals surface area (Å²) in [6.07, 6.45) is 12.4. The molecule has 1 rings (SSSR count). The summed E-state index contributed by atoms with van der Waals surface area (Å²) in [7, 11) is 0. The van der Waals surface area contributed by atoms with Crippen LogP contribution in [0.25, 0.3) is 0 Å². The monoisotopic (exact) mass is 294 g/mol. The molecule has 1 aliphatic heterocycles. The van der Waals surface area contributed by atoms with Crippen LogP contribution < -0.4 is 5.32 Å². The van der Waals surface area contributed by atoms with Crippen molar-refractivity contribution in [1.29, 1.82) is 0 Å².